The van der Waals surface area contributed by atoms with Gasteiger partial charge in [-0.15, -0.1) is 0 Å². The van der Waals surface area contributed by atoms with Gasteiger partial charge >= 0.3 is 0 Å². The maximum absolute atomic E-state index is 13.2. The molecule has 2 fully saturated rings. The molecule has 0 radical (unpaired) electrons. The Morgan fingerprint density at radius 3 is 2.38 bits per heavy atom. The molecule has 0 bridgehead atoms. The number of amides is 2. The summed E-state index contributed by atoms with van der Waals surface area (Å²) in [5, 5.41) is 0. The first-order chi connectivity index (χ1) is 16.6. The first-order valence-corrected chi connectivity index (χ1v) is 12.0. The molecule has 1 unspecified atom stereocenters. The second kappa shape index (κ2) is 10.0. The summed E-state index contributed by atoms with van der Waals surface area (Å²) in [6.45, 7) is 6.01. The fourth-order valence-electron chi connectivity index (χ4n) is 4.97. The lowest BCUT2D eigenvalue weighted by Gasteiger charge is -2.39. The highest BCUT2D eigenvalue weighted by atomic mass is 19.1. The number of rotatable bonds is 4. The van der Waals surface area contributed by atoms with E-state index in [1.54, 1.807) is 4.90 Å². The zero-order chi connectivity index (χ0) is 23.5. The van der Waals surface area contributed by atoms with Gasteiger partial charge in [-0.1, -0.05) is 6.07 Å². The van der Waals surface area contributed by atoms with E-state index < -0.39 is 0 Å². The Hall–Kier alpha value is -3.13. The molecule has 3 aliphatic rings. The van der Waals surface area contributed by atoms with Gasteiger partial charge in [0.15, 0.2) is 11.5 Å². The number of carbonyl (C=O) groups excluding carboxylic acids is 2. The molecule has 0 aliphatic carbocycles. The van der Waals surface area contributed by atoms with Crippen molar-refractivity contribution >= 4 is 11.8 Å². The van der Waals surface area contributed by atoms with Crippen LogP contribution in [-0.2, 0) is 11.3 Å². The third kappa shape index (κ3) is 5.01. The molecular weight excluding hydrogens is 437 g/mol. The van der Waals surface area contributed by atoms with E-state index in [4.69, 9.17) is 9.47 Å². The Morgan fingerprint density at radius 2 is 1.62 bits per heavy atom. The van der Waals surface area contributed by atoms with Crippen LogP contribution in [0.4, 0.5) is 4.39 Å². The molecule has 2 aromatic rings. The monoisotopic (exact) mass is 467 g/mol. The number of likely N-dealkylation sites (tertiary alicyclic amines) is 1. The van der Waals surface area contributed by atoms with Gasteiger partial charge in [0.05, 0.1) is 5.92 Å². The van der Waals surface area contributed by atoms with Crippen LogP contribution in [0.2, 0.25) is 0 Å². The van der Waals surface area contributed by atoms with E-state index in [0.717, 1.165) is 44.0 Å². The quantitative estimate of drug-likeness (QED) is 0.692. The third-order valence-electron chi connectivity index (χ3n) is 6.85. The molecule has 0 saturated carbocycles. The van der Waals surface area contributed by atoms with Crippen LogP contribution < -0.4 is 9.47 Å². The summed E-state index contributed by atoms with van der Waals surface area (Å²) in [5.41, 5.74) is 1.63. The van der Waals surface area contributed by atoms with Crippen LogP contribution in [0.5, 0.6) is 11.5 Å². The first-order valence-electron chi connectivity index (χ1n) is 12.0. The number of piperazine rings is 1. The topological polar surface area (TPSA) is 62.3 Å². The number of benzene rings is 2. The van der Waals surface area contributed by atoms with Gasteiger partial charge in [-0.05, 0) is 54.8 Å². The summed E-state index contributed by atoms with van der Waals surface area (Å²) in [5.74, 6) is 1.05. The minimum atomic E-state index is -0.364. The zero-order valence-electron chi connectivity index (χ0n) is 19.2. The normalized spacial score (nSPS) is 20.8. The van der Waals surface area contributed by atoms with Crippen molar-refractivity contribution in [3.8, 4) is 11.5 Å². The SMILES string of the molecule is O=C(c1ccc(F)cc1)N1CCCC(C(=O)N2CCN(Cc3ccc4c(c3)OCCO4)CC2)C1. The predicted octanol–water partition coefficient (Wildman–Crippen LogP) is 2.79. The summed E-state index contributed by atoms with van der Waals surface area (Å²) in [6.07, 6.45) is 1.59. The maximum Gasteiger partial charge on any atom is 0.253 e. The average molecular weight is 468 g/mol. The number of carbonyl (C=O) groups is 2. The lowest BCUT2D eigenvalue weighted by Crippen LogP contribution is -2.52. The summed E-state index contributed by atoms with van der Waals surface area (Å²) in [6, 6.07) is 11.7. The van der Waals surface area contributed by atoms with Crippen LogP contribution in [0.25, 0.3) is 0 Å². The zero-order valence-corrected chi connectivity index (χ0v) is 19.2. The van der Waals surface area contributed by atoms with Gasteiger partial charge in [0.25, 0.3) is 5.91 Å². The van der Waals surface area contributed by atoms with Gasteiger partial charge in [-0.25, -0.2) is 4.39 Å². The number of hydrogen-bond acceptors (Lipinski definition) is 5. The minimum absolute atomic E-state index is 0.135. The summed E-state index contributed by atoms with van der Waals surface area (Å²) in [4.78, 5) is 32.1. The van der Waals surface area contributed by atoms with Gasteiger partial charge in [0.1, 0.15) is 19.0 Å². The molecule has 2 saturated heterocycles. The third-order valence-corrected chi connectivity index (χ3v) is 6.85. The molecular formula is C26H30FN3O4. The number of fused-ring (bicyclic) bond motifs is 1. The van der Waals surface area contributed by atoms with Crippen LogP contribution in [0.3, 0.4) is 0 Å². The van der Waals surface area contributed by atoms with Crippen molar-refractivity contribution in [2.45, 2.75) is 19.4 Å². The van der Waals surface area contributed by atoms with Crippen LogP contribution in [-0.4, -0.2) is 79.0 Å². The van der Waals surface area contributed by atoms with Crippen LogP contribution in [0.1, 0.15) is 28.8 Å². The molecule has 0 aromatic heterocycles. The average Bonchev–Trinajstić information content (AvgIpc) is 2.89. The van der Waals surface area contributed by atoms with E-state index in [1.165, 1.54) is 29.8 Å². The molecule has 7 nitrogen and oxygen atoms in total. The largest absolute Gasteiger partial charge is 0.486 e. The van der Waals surface area contributed by atoms with Crippen molar-refractivity contribution < 1.29 is 23.5 Å². The molecule has 0 spiro atoms. The molecule has 3 heterocycles. The van der Waals surface area contributed by atoms with Gasteiger partial charge < -0.3 is 19.3 Å². The molecule has 2 amide bonds. The van der Waals surface area contributed by atoms with Gasteiger partial charge in [0, 0.05) is 51.4 Å². The highest BCUT2D eigenvalue weighted by molar-refractivity contribution is 5.94. The summed E-state index contributed by atoms with van der Waals surface area (Å²) in [7, 11) is 0. The second-order valence-electron chi connectivity index (χ2n) is 9.18. The van der Waals surface area contributed by atoms with Crippen molar-refractivity contribution in [2.75, 3.05) is 52.5 Å². The molecule has 8 heteroatoms. The van der Waals surface area contributed by atoms with Crippen LogP contribution in [0.15, 0.2) is 42.5 Å². The lowest BCUT2D eigenvalue weighted by molar-refractivity contribution is -0.138. The Balaban J connectivity index is 1.13. The van der Waals surface area contributed by atoms with E-state index in [1.807, 2.05) is 17.0 Å². The Labute approximate surface area is 199 Å². The predicted molar refractivity (Wildman–Crippen MR) is 124 cm³/mol. The van der Waals surface area contributed by atoms with Crippen molar-refractivity contribution in [3.05, 3.63) is 59.4 Å². The Kier molecular flexibility index (Phi) is 6.67. The number of nitrogens with zero attached hydrogens (tertiary/aromatic N) is 3. The van der Waals surface area contributed by atoms with Gasteiger partial charge in [-0.2, -0.15) is 0 Å². The number of halogens is 1. The second-order valence-corrected chi connectivity index (χ2v) is 9.18. The lowest BCUT2D eigenvalue weighted by atomic mass is 9.95. The Morgan fingerprint density at radius 1 is 0.882 bits per heavy atom. The standard InChI is InChI=1S/C26H30FN3O4/c27-22-6-4-20(5-7-22)25(31)30-9-1-2-21(18-30)26(32)29-12-10-28(11-13-29)17-19-3-8-23-24(16-19)34-15-14-33-23/h3-8,16,21H,1-2,9-15,17-18H2. The smallest absolute Gasteiger partial charge is 0.253 e. The fourth-order valence-corrected chi connectivity index (χ4v) is 4.97. The van der Waals surface area contributed by atoms with Crippen molar-refractivity contribution in [1.82, 2.24) is 14.7 Å². The van der Waals surface area contributed by atoms with Gasteiger partial charge in [-0.3, -0.25) is 14.5 Å². The molecule has 0 N–H and O–H groups in total. The number of hydrogen-bond donors (Lipinski definition) is 0. The highest BCUT2D eigenvalue weighted by Crippen LogP contribution is 2.31. The summed E-state index contributed by atoms with van der Waals surface area (Å²) < 4.78 is 24.5. The van der Waals surface area contributed by atoms with E-state index in [2.05, 4.69) is 11.0 Å². The first kappa shape index (κ1) is 22.7. The number of piperidine rings is 1. The molecule has 3 aliphatic heterocycles. The minimum Gasteiger partial charge on any atom is -0.486 e. The van der Waals surface area contributed by atoms with E-state index >= 15 is 0 Å². The number of ether oxygens (including phenoxy) is 2. The van der Waals surface area contributed by atoms with Crippen molar-refractivity contribution in [3.63, 3.8) is 0 Å². The van der Waals surface area contributed by atoms with Crippen molar-refractivity contribution in [2.24, 2.45) is 5.92 Å². The highest BCUT2D eigenvalue weighted by Gasteiger charge is 2.33. The van der Waals surface area contributed by atoms with Crippen LogP contribution >= 0.6 is 0 Å². The Bertz CT molecular complexity index is 1040. The molecule has 1 atom stereocenters. The maximum atomic E-state index is 13.2. The molecule has 5 rings (SSSR count). The van der Waals surface area contributed by atoms with Crippen molar-refractivity contribution in [1.29, 1.82) is 0 Å². The summed E-state index contributed by atoms with van der Waals surface area (Å²) >= 11 is 0. The molecule has 34 heavy (non-hydrogen) atoms. The molecule has 2 aromatic carbocycles. The fraction of sp³-hybridized carbons (Fsp3) is 0.462. The van der Waals surface area contributed by atoms with Crippen LogP contribution in [0, 0.1) is 11.7 Å². The van der Waals surface area contributed by atoms with Gasteiger partial charge in [0.2, 0.25) is 5.91 Å². The van der Waals surface area contributed by atoms with E-state index in [9.17, 15) is 14.0 Å². The van der Waals surface area contributed by atoms with E-state index in [0.29, 0.717) is 45.0 Å². The molecule has 180 valence electrons. The van der Waals surface area contributed by atoms with E-state index in [-0.39, 0.29) is 23.5 Å².